The minimum absolute atomic E-state index is 0.230. The van der Waals surface area contributed by atoms with E-state index in [4.69, 9.17) is 4.99 Å². The van der Waals surface area contributed by atoms with E-state index in [9.17, 15) is 9.50 Å². The van der Waals surface area contributed by atoms with Gasteiger partial charge in [0, 0.05) is 36.3 Å². The first-order valence-electron chi connectivity index (χ1n) is 8.93. The molecule has 0 radical (unpaired) electrons. The highest BCUT2D eigenvalue weighted by Crippen LogP contribution is 2.44. The predicted octanol–water partition coefficient (Wildman–Crippen LogP) is 4.13. The number of piperazine rings is 1. The molecule has 5 rings (SSSR count). The Hall–Kier alpha value is -2.64. The Morgan fingerprint density at radius 3 is 2.74 bits per heavy atom. The summed E-state index contributed by atoms with van der Waals surface area (Å²) >= 11 is 1.60. The number of hydrogen-bond donors (Lipinski definition) is 2. The Labute approximate surface area is 160 Å². The van der Waals surface area contributed by atoms with E-state index in [-0.39, 0.29) is 11.6 Å². The number of amidine groups is 1. The van der Waals surface area contributed by atoms with Crippen molar-refractivity contribution in [2.24, 2.45) is 4.99 Å². The van der Waals surface area contributed by atoms with Crippen LogP contribution in [0.5, 0.6) is 5.75 Å². The standard InChI is InChI=1S/C20H19FN4OS/c1-24-6-8-25(9-7-24)19-18-14-11-13(26)3-5-17(14)27-20(18)23-16-10-12(21)2-4-15(16)22-19/h2-5,10-11,23,26H,6-9H2,1H3. The van der Waals surface area contributed by atoms with Crippen molar-refractivity contribution in [3.63, 3.8) is 0 Å². The number of aliphatic imine (C=N–C) groups is 1. The molecule has 0 unspecified atom stereocenters. The zero-order valence-electron chi connectivity index (χ0n) is 14.9. The van der Waals surface area contributed by atoms with E-state index in [1.807, 2.05) is 6.07 Å². The highest BCUT2D eigenvalue weighted by atomic mass is 32.1. The van der Waals surface area contributed by atoms with E-state index < -0.39 is 0 Å². The van der Waals surface area contributed by atoms with Crippen LogP contribution in [0.25, 0.3) is 10.1 Å². The predicted molar refractivity (Wildman–Crippen MR) is 108 cm³/mol. The Morgan fingerprint density at radius 1 is 1.11 bits per heavy atom. The van der Waals surface area contributed by atoms with Gasteiger partial charge in [0.15, 0.2) is 0 Å². The van der Waals surface area contributed by atoms with Gasteiger partial charge in [0.1, 0.15) is 22.4 Å². The maximum Gasteiger partial charge on any atom is 0.140 e. The monoisotopic (exact) mass is 382 g/mol. The molecule has 0 atom stereocenters. The summed E-state index contributed by atoms with van der Waals surface area (Å²) in [6.45, 7) is 3.68. The number of anilines is 2. The van der Waals surface area contributed by atoms with Crippen LogP contribution < -0.4 is 5.32 Å². The third-order valence-corrected chi connectivity index (χ3v) is 6.22. The van der Waals surface area contributed by atoms with E-state index in [1.54, 1.807) is 29.5 Å². The van der Waals surface area contributed by atoms with Crippen molar-refractivity contribution in [2.75, 3.05) is 38.5 Å². The molecule has 0 saturated carbocycles. The van der Waals surface area contributed by atoms with Gasteiger partial charge in [0.05, 0.1) is 16.9 Å². The summed E-state index contributed by atoms with van der Waals surface area (Å²) in [5.74, 6) is 0.821. The summed E-state index contributed by atoms with van der Waals surface area (Å²) in [5, 5.41) is 15.3. The van der Waals surface area contributed by atoms with Crippen LogP contribution in [0.4, 0.5) is 20.8 Å². The van der Waals surface area contributed by atoms with Gasteiger partial charge in [-0.25, -0.2) is 9.38 Å². The summed E-state index contributed by atoms with van der Waals surface area (Å²) in [4.78, 5) is 9.53. The molecule has 2 aliphatic rings. The van der Waals surface area contributed by atoms with Crippen LogP contribution in [0.1, 0.15) is 5.56 Å². The summed E-state index contributed by atoms with van der Waals surface area (Å²) in [5.41, 5.74) is 2.37. The van der Waals surface area contributed by atoms with Crippen molar-refractivity contribution in [3.05, 3.63) is 47.8 Å². The van der Waals surface area contributed by atoms with Crippen LogP contribution in [0.15, 0.2) is 41.4 Å². The van der Waals surface area contributed by atoms with Gasteiger partial charge >= 0.3 is 0 Å². The lowest BCUT2D eigenvalue weighted by molar-refractivity contribution is 0.216. The SMILES string of the molecule is CN1CCN(C2=Nc3ccc(F)cc3Nc3sc4ccc(O)cc4c32)CC1. The maximum absolute atomic E-state index is 13.8. The van der Waals surface area contributed by atoms with E-state index >= 15 is 0 Å². The fourth-order valence-corrected chi connectivity index (χ4v) is 4.73. The Kier molecular flexibility index (Phi) is 3.80. The molecule has 27 heavy (non-hydrogen) atoms. The third-order valence-electron chi connectivity index (χ3n) is 5.13. The highest BCUT2D eigenvalue weighted by molar-refractivity contribution is 7.23. The largest absolute Gasteiger partial charge is 0.508 e. The first-order valence-corrected chi connectivity index (χ1v) is 9.75. The minimum Gasteiger partial charge on any atom is -0.508 e. The van der Waals surface area contributed by atoms with Gasteiger partial charge in [-0.3, -0.25) is 0 Å². The Bertz CT molecular complexity index is 1070. The molecule has 0 amide bonds. The number of phenols is 1. The van der Waals surface area contributed by atoms with Crippen molar-refractivity contribution < 1.29 is 9.50 Å². The maximum atomic E-state index is 13.8. The van der Waals surface area contributed by atoms with Crippen molar-refractivity contribution in [2.45, 2.75) is 0 Å². The number of fused-ring (bicyclic) bond motifs is 4. The fourth-order valence-electron chi connectivity index (χ4n) is 3.64. The molecular formula is C20H19FN4OS. The molecule has 2 aliphatic heterocycles. The Morgan fingerprint density at radius 2 is 1.93 bits per heavy atom. The molecule has 2 aromatic carbocycles. The summed E-state index contributed by atoms with van der Waals surface area (Å²) in [7, 11) is 2.12. The molecule has 1 fully saturated rings. The van der Waals surface area contributed by atoms with Gasteiger partial charge in [0.25, 0.3) is 0 Å². The van der Waals surface area contributed by atoms with Crippen LogP contribution in [-0.4, -0.2) is 54.0 Å². The zero-order chi connectivity index (χ0) is 18.5. The molecule has 7 heteroatoms. The molecule has 1 aromatic heterocycles. The number of aromatic hydroxyl groups is 1. The fraction of sp³-hybridized carbons (Fsp3) is 0.250. The lowest BCUT2D eigenvalue weighted by atomic mass is 10.1. The molecule has 1 saturated heterocycles. The van der Waals surface area contributed by atoms with Crippen LogP contribution >= 0.6 is 11.3 Å². The van der Waals surface area contributed by atoms with Crippen molar-refractivity contribution in [1.82, 2.24) is 9.80 Å². The zero-order valence-corrected chi connectivity index (χ0v) is 15.7. The van der Waals surface area contributed by atoms with Crippen molar-refractivity contribution >= 4 is 43.6 Å². The second-order valence-corrected chi connectivity index (χ2v) is 8.05. The third kappa shape index (κ3) is 2.83. The average Bonchev–Trinajstić information content (AvgIpc) is 2.90. The molecule has 3 heterocycles. The van der Waals surface area contributed by atoms with Gasteiger partial charge in [-0.05, 0) is 43.4 Å². The minimum atomic E-state index is -0.292. The average molecular weight is 382 g/mol. The highest BCUT2D eigenvalue weighted by Gasteiger charge is 2.27. The molecule has 0 aliphatic carbocycles. The molecular weight excluding hydrogens is 363 g/mol. The van der Waals surface area contributed by atoms with Gasteiger partial charge in [-0.15, -0.1) is 11.3 Å². The van der Waals surface area contributed by atoms with Gasteiger partial charge in [-0.2, -0.15) is 0 Å². The van der Waals surface area contributed by atoms with Crippen LogP contribution in [0.2, 0.25) is 0 Å². The second-order valence-electron chi connectivity index (χ2n) is 7.00. The van der Waals surface area contributed by atoms with Crippen LogP contribution in [0, 0.1) is 5.82 Å². The van der Waals surface area contributed by atoms with Crippen molar-refractivity contribution in [3.8, 4) is 5.75 Å². The smallest absolute Gasteiger partial charge is 0.140 e. The molecule has 0 spiro atoms. The summed E-state index contributed by atoms with van der Waals surface area (Å²) in [6, 6.07) is 10.0. The quantitative estimate of drug-likeness (QED) is 0.614. The first kappa shape index (κ1) is 16.5. The lowest BCUT2D eigenvalue weighted by Crippen LogP contribution is -2.47. The lowest BCUT2D eigenvalue weighted by Gasteiger charge is -2.34. The van der Waals surface area contributed by atoms with E-state index in [0.717, 1.165) is 58.4 Å². The van der Waals surface area contributed by atoms with Crippen LogP contribution in [0.3, 0.4) is 0 Å². The van der Waals surface area contributed by atoms with Gasteiger partial charge < -0.3 is 20.2 Å². The normalized spacial score (nSPS) is 17.1. The number of hydrogen-bond acceptors (Lipinski definition) is 6. The van der Waals surface area contributed by atoms with E-state index in [1.165, 1.54) is 12.1 Å². The van der Waals surface area contributed by atoms with Crippen LogP contribution in [-0.2, 0) is 0 Å². The van der Waals surface area contributed by atoms with Gasteiger partial charge in [-0.1, -0.05) is 0 Å². The first-order chi connectivity index (χ1) is 13.1. The molecule has 2 N–H and O–H groups in total. The number of nitrogens with zero attached hydrogens (tertiary/aromatic N) is 3. The summed E-state index contributed by atoms with van der Waals surface area (Å²) in [6.07, 6.45) is 0. The van der Waals surface area contributed by atoms with E-state index in [0.29, 0.717) is 5.69 Å². The molecule has 3 aromatic rings. The number of benzene rings is 2. The number of phenolic OH excluding ortho intramolecular Hbond substituents is 1. The number of halogens is 1. The molecule has 5 nitrogen and oxygen atoms in total. The van der Waals surface area contributed by atoms with Crippen molar-refractivity contribution in [1.29, 1.82) is 0 Å². The number of nitrogens with one attached hydrogen (secondary N) is 1. The Balaban J connectivity index is 1.74. The van der Waals surface area contributed by atoms with Gasteiger partial charge in [0.2, 0.25) is 0 Å². The van der Waals surface area contributed by atoms with E-state index in [2.05, 4.69) is 22.2 Å². The molecule has 138 valence electrons. The number of thiophene rings is 1. The topological polar surface area (TPSA) is 51.1 Å². The number of likely N-dealkylation sites (N-methyl/N-ethyl adjacent to an activating group) is 1. The second kappa shape index (κ2) is 6.21. The molecule has 0 bridgehead atoms. The number of rotatable bonds is 0. The summed E-state index contributed by atoms with van der Waals surface area (Å²) < 4.78 is 14.9.